The van der Waals surface area contributed by atoms with Crippen LogP contribution in [-0.4, -0.2) is 59.2 Å². The lowest BCUT2D eigenvalue weighted by molar-refractivity contribution is -0.141. The Bertz CT molecular complexity index is 1140. The Morgan fingerprint density at radius 1 is 1.00 bits per heavy atom. The van der Waals surface area contributed by atoms with Gasteiger partial charge in [-0.1, -0.05) is 6.07 Å². The van der Waals surface area contributed by atoms with E-state index in [1.165, 1.54) is 12.3 Å². The minimum atomic E-state index is -4.42. The van der Waals surface area contributed by atoms with Gasteiger partial charge in [-0.15, -0.1) is 0 Å². The number of ether oxygens (including phenoxy) is 2. The monoisotopic (exact) mass is 445 g/mol. The fraction of sp³-hybridized carbons (Fsp3) is 0.409. The van der Waals surface area contributed by atoms with Crippen LogP contribution in [0.4, 0.5) is 19.0 Å². The van der Waals surface area contributed by atoms with Crippen LogP contribution in [0.5, 0.6) is 11.5 Å². The normalized spacial score (nSPS) is 20.8. The molecule has 168 valence electrons. The molecule has 2 saturated heterocycles. The van der Waals surface area contributed by atoms with Gasteiger partial charge in [0.25, 0.3) is 0 Å². The third kappa shape index (κ3) is 3.58. The first-order valence-electron chi connectivity index (χ1n) is 10.3. The zero-order chi connectivity index (χ0) is 22.5. The molecule has 0 amide bonds. The minimum Gasteiger partial charge on any atom is -0.493 e. The second-order valence-corrected chi connectivity index (χ2v) is 8.10. The molecule has 2 atom stereocenters. The Morgan fingerprint density at radius 3 is 2.41 bits per heavy atom. The van der Waals surface area contributed by atoms with Gasteiger partial charge in [0.1, 0.15) is 17.8 Å². The first-order valence-corrected chi connectivity index (χ1v) is 10.3. The number of methoxy groups -OCH3 is 2. The van der Waals surface area contributed by atoms with Gasteiger partial charge < -0.3 is 14.4 Å². The molecule has 5 rings (SSSR count). The van der Waals surface area contributed by atoms with Crippen molar-refractivity contribution < 1.29 is 22.6 Å². The van der Waals surface area contributed by atoms with Gasteiger partial charge in [-0.2, -0.15) is 13.2 Å². The van der Waals surface area contributed by atoms with Crippen LogP contribution in [0.3, 0.4) is 0 Å². The Morgan fingerprint density at radius 2 is 1.78 bits per heavy atom. The smallest absolute Gasteiger partial charge is 0.433 e. The van der Waals surface area contributed by atoms with Crippen LogP contribution >= 0.6 is 0 Å². The summed E-state index contributed by atoms with van der Waals surface area (Å²) in [5.74, 6) is 2.10. The lowest BCUT2D eigenvalue weighted by atomic mass is 10.1. The van der Waals surface area contributed by atoms with Crippen molar-refractivity contribution in [3.8, 4) is 11.5 Å². The summed E-state index contributed by atoms with van der Waals surface area (Å²) in [7, 11) is 3.19. The molecule has 32 heavy (non-hydrogen) atoms. The summed E-state index contributed by atoms with van der Waals surface area (Å²) in [5, 5.41) is 0.899. The number of hydrogen-bond donors (Lipinski definition) is 0. The quantitative estimate of drug-likeness (QED) is 0.596. The van der Waals surface area contributed by atoms with Crippen molar-refractivity contribution in [3.05, 3.63) is 48.0 Å². The van der Waals surface area contributed by atoms with Crippen LogP contribution < -0.4 is 14.4 Å². The van der Waals surface area contributed by atoms with E-state index >= 15 is 0 Å². The number of halogens is 3. The van der Waals surface area contributed by atoms with E-state index in [1.807, 2.05) is 12.1 Å². The summed E-state index contributed by atoms with van der Waals surface area (Å²) in [5.41, 5.74) is 0.697. The summed E-state index contributed by atoms with van der Waals surface area (Å²) in [6, 6.07) is 6.88. The molecule has 2 aromatic heterocycles. The maximum atomic E-state index is 12.7. The largest absolute Gasteiger partial charge is 0.493 e. The number of aromatic nitrogens is 3. The lowest BCUT2D eigenvalue weighted by Crippen LogP contribution is -2.46. The van der Waals surface area contributed by atoms with Crippen molar-refractivity contribution in [2.45, 2.75) is 31.2 Å². The molecule has 2 aliphatic heterocycles. The number of hydrogen-bond acceptors (Lipinski definition) is 7. The average molecular weight is 445 g/mol. The highest BCUT2D eigenvalue weighted by atomic mass is 19.4. The van der Waals surface area contributed by atoms with Gasteiger partial charge in [0.15, 0.2) is 11.5 Å². The van der Waals surface area contributed by atoms with Gasteiger partial charge in [-0.05, 0) is 24.1 Å². The lowest BCUT2D eigenvalue weighted by Gasteiger charge is -2.35. The van der Waals surface area contributed by atoms with Crippen LogP contribution in [0.2, 0.25) is 0 Å². The molecule has 10 heteroatoms. The van der Waals surface area contributed by atoms with E-state index in [0.717, 1.165) is 47.9 Å². The van der Waals surface area contributed by atoms with E-state index in [-0.39, 0.29) is 6.04 Å². The molecule has 0 radical (unpaired) electrons. The predicted molar refractivity (Wildman–Crippen MR) is 112 cm³/mol. The predicted octanol–water partition coefficient (Wildman–Crippen LogP) is 3.52. The average Bonchev–Trinajstić information content (AvgIpc) is 3.38. The second-order valence-electron chi connectivity index (χ2n) is 8.10. The first kappa shape index (κ1) is 20.7. The van der Waals surface area contributed by atoms with E-state index in [2.05, 4.69) is 24.8 Å². The Kier molecular flexibility index (Phi) is 5.04. The second kappa shape index (κ2) is 7.77. The van der Waals surface area contributed by atoms with Gasteiger partial charge in [0.05, 0.1) is 19.7 Å². The number of alkyl halides is 3. The van der Waals surface area contributed by atoms with E-state index in [1.54, 1.807) is 20.5 Å². The number of fused-ring (bicyclic) bond motifs is 3. The topological polar surface area (TPSA) is 63.6 Å². The maximum Gasteiger partial charge on any atom is 0.433 e. The molecule has 3 aromatic rings. The SMILES string of the molecule is COc1cc2ncnc(N3CC4CC3CN4Cc3ccc(C(F)(F)F)nc3)c2cc1OC. The number of piperazine rings is 1. The molecule has 0 spiro atoms. The first-order chi connectivity index (χ1) is 15.4. The highest BCUT2D eigenvalue weighted by Crippen LogP contribution is 2.40. The Hall–Kier alpha value is -3.14. The van der Waals surface area contributed by atoms with E-state index in [9.17, 15) is 13.2 Å². The Balaban J connectivity index is 1.34. The molecule has 0 saturated carbocycles. The molecule has 0 N–H and O–H groups in total. The van der Waals surface area contributed by atoms with Crippen LogP contribution in [0.25, 0.3) is 10.9 Å². The summed E-state index contributed by atoms with van der Waals surface area (Å²) in [4.78, 5) is 17.1. The van der Waals surface area contributed by atoms with E-state index in [0.29, 0.717) is 24.1 Å². The minimum absolute atomic E-state index is 0.272. The van der Waals surface area contributed by atoms with Crippen LogP contribution in [0.1, 0.15) is 17.7 Å². The number of pyridine rings is 1. The van der Waals surface area contributed by atoms with Crippen molar-refractivity contribution in [1.82, 2.24) is 19.9 Å². The van der Waals surface area contributed by atoms with Crippen molar-refractivity contribution in [3.63, 3.8) is 0 Å². The van der Waals surface area contributed by atoms with E-state index in [4.69, 9.17) is 9.47 Å². The van der Waals surface area contributed by atoms with Crippen LogP contribution in [0.15, 0.2) is 36.8 Å². The van der Waals surface area contributed by atoms with Crippen LogP contribution in [0, 0.1) is 0 Å². The fourth-order valence-corrected chi connectivity index (χ4v) is 4.72. The third-order valence-electron chi connectivity index (χ3n) is 6.25. The number of anilines is 1. The zero-order valence-corrected chi connectivity index (χ0v) is 17.6. The van der Waals surface area contributed by atoms with Crippen molar-refractivity contribution in [2.24, 2.45) is 0 Å². The van der Waals surface area contributed by atoms with E-state index < -0.39 is 11.9 Å². The standard InChI is InChI=1S/C22H22F3N5O2/c1-31-18-6-16-17(7-19(18)32-2)27-12-28-21(16)30-11-14-5-15(30)10-29(14)9-13-3-4-20(26-8-13)22(23,24)25/h3-4,6-8,12,14-15H,5,9-11H2,1-2H3. The highest BCUT2D eigenvalue weighted by Gasteiger charge is 2.44. The maximum absolute atomic E-state index is 12.7. The van der Waals surface area contributed by atoms with Crippen molar-refractivity contribution in [2.75, 3.05) is 32.2 Å². The molecular formula is C22H22F3N5O2. The van der Waals surface area contributed by atoms with Gasteiger partial charge >= 0.3 is 6.18 Å². The van der Waals surface area contributed by atoms with Crippen LogP contribution in [-0.2, 0) is 12.7 Å². The molecule has 7 nitrogen and oxygen atoms in total. The van der Waals surface area contributed by atoms with Crippen molar-refractivity contribution >= 4 is 16.7 Å². The number of likely N-dealkylation sites (tertiary alicyclic amines) is 1. The van der Waals surface area contributed by atoms with Gasteiger partial charge in [0, 0.05) is 49.4 Å². The molecular weight excluding hydrogens is 423 g/mol. The van der Waals surface area contributed by atoms with Crippen molar-refractivity contribution in [1.29, 1.82) is 0 Å². The molecule has 2 unspecified atom stereocenters. The molecule has 1 aromatic carbocycles. The third-order valence-corrected chi connectivity index (χ3v) is 6.25. The molecule has 2 bridgehead atoms. The summed E-state index contributed by atoms with van der Waals surface area (Å²) in [6.45, 7) is 2.18. The fourth-order valence-electron chi connectivity index (χ4n) is 4.72. The molecule has 4 heterocycles. The zero-order valence-electron chi connectivity index (χ0n) is 17.6. The molecule has 2 aliphatic rings. The number of benzene rings is 1. The molecule has 2 fully saturated rings. The number of rotatable bonds is 5. The number of nitrogens with zero attached hydrogens (tertiary/aromatic N) is 5. The summed E-state index contributed by atoms with van der Waals surface area (Å²) < 4.78 is 49.1. The Labute approximate surface area is 182 Å². The van der Waals surface area contributed by atoms with Gasteiger partial charge in [-0.25, -0.2) is 9.97 Å². The van der Waals surface area contributed by atoms with Gasteiger partial charge in [0.2, 0.25) is 0 Å². The summed E-state index contributed by atoms with van der Waals surface area (Å²) >= 11 is 0. The van der Waals surface area contributed by atoms with Gasteiger partial charge in [-0.3, -0.25) is 9.88 Å². The highest BCUT2D eigenvalue weighted by molar-refractivity contribution is 5.92. The summed E-state index contributed by atoms with van der Waals surface area (Å²) in [6.07, 6.45) is -0.559. The molecule has 0 aliphatic carbocycles.